The zero-order valence-electron chi connectivity index (χ0n) is 10.9. The van der Waals surface area contributed by atoms with Crippen LogP contribution in [0.3, 0.4) is 0 Å². The Labute approximate surface area is 119 Å². The van der Waals surface area contributed by atoms with Gasteiger partial charge in [0.2, 0.25) is 0 Å². The van der Waals surface area contributed by atoms with Crippen LogP contribution in [0.5, 0.6) is 0 Å². The standard InChI is InChI=1S/C14H11N5O2/c15-13-12(17-5-6-18-13)14(20)19-10-3-1-9(2-4-10)11-7-16-8-21-11/h1-8H,(H2,15,18)(H,19,20). The monoisotopic (exact) mass is 281 g/mol. The molecule has 0 saturated heterocycles. The van der Waals surface area contributed by atoms with Crippen molar-refractivity contribution in [1.82, 2.24) is 15.0 Å². The van der Waals surface area contributed by atoms with E-state index in [1.807, 2.05) is 12.1 Å². The van der Waals surface area contributed by atoms with E-state index in [0.29, 0.717) is 11.4 Å². The Balaban J connectivity index is 1.77. The van der Waals surface area contributed by atoms with Crippen LogP contribution in [0, 0.1) is 0 Å². The van der Waals surface area contributed by atoms with Crippen molar-refractivity contribution in [2.75, 3.05) is 11.1 Å². The maximum atomic E-state index is 12.0. The first kappa shape index (κ1) is 12.8. The smallest absolute Gasteiger partial charge is 0.278 e. The number of hydrogen-bond acceptors (Lipinski definition) is 6. The third kappa shape index (κ3) is 2.71. The SMILES string of the molecule is Nc1nccnc1C(=O)Nc1ccc(-c2cnco2)cc1. The van der Waals surface area contributed by atoms with Crippen LogP contribution in [0.15, 0.2) is 53.7 Å². The van der Waals surface area contributed by atoms with Gasteiger partial charge in [-0.1, -0.05) is 0 Å². The van der Waals surface area contributed by atoms with Gasteiger partial charge in [0, 0.05) is 23.6 Å². The molecule has 3 rings (SSSR count). The molecule has 0 bridgehead atoms. The fraction of sp³-hybridized carbons (Fsp3) is 0. The molecule has 2 aromatic heterocycles. The molecule has 21 heavy (non-hydrogen) atoms. The third-order valence-electron chi connectivity index (χ3n) is 2.80. The van der Waals surface area contributed by atoms with Gasteiger partial charge < -0.3 is 15.5 Å². The zero-order valence-corrected chi connectivity index (χ0v) is 10.9. The van der Waals surface area contributed by atoms with Crippen LogP contribution in [0.2, 0.25) is 0 Å². The minimum Gasteiger partial charge on any atom is -0.444 e. The van der Waals surface area contributed by atoms with Crippen LogP contribution < -0.4 is 11.1 Å². The summed E-state index contributed by atoms with van der Waals surface area (Å²) < 4.78 is 5.19. The van der Waals surface area contributed by atoms with Crippen molar-refractivity contribution >= 4 is 17.4 Å². The summed E-state index contributed by atoms with van der Waals surface area (Å²) in [6.07, 6.45) is 5.83. The molecular weight excluding hydrogens is 270 g/mol. The molecule has 0 aliphatic heterocycles. The largest absolute Gasteiger partial charge is 0.444 e. The second-order valence-corrected chi connectivity index (χ2v) is 4.19. The van der Waals surface area contributed by atoms with Gasteiger partial charge in [-0.2, -0.15) is 0 Å². The lowest BCUT2D eigenvalue weighted by Crippen LogP contribution is -2.16. The van der Waals surface area contributed by atoms with Crippen LogP contribution in [-0.4, -0.2) is 20.9 Å². The summed E-state index contributed by atoms with van der Waals surface area (Å²) >= 11 is 0. The maximum Gasteiger partial charge on any atom is 0.278 e. The molecule has 7 heteroatoms. The summed E-state index contributed by atoms with van der Waals surface area (Å²) in [6.45, 7) is 0. The van der Waals surface area contributed by atoms with Crippen molar-refractivity contribution in [2.45, 2.75) is 0 Å². The summed E-state index contributed by atoms with van der Waals surface area (Å²) in [5, 5.41) is 2.70. The Bertz CT molecular complexity index is 753. The predicted octanol–water partition coefficient (Wildman–Crippen LogP) is 1.97. The van der Waals surface area contributed by atoms with Crippen LogP contribution in [-0.2, 0) is 0 Å². The lowest BCUT2D eigenvalue weighted by molar-refractivity contribution is 0.102. The average molecular weight is 281 g/mol. The number of aromatic nitrogens is 3. The minimum atomic E-state index is -0.409. The van der Waals surface area contributed by atoms with Crippen LogP contribution in [0.4, 0.5) is 11.5 Å². The van der Waals surface area contributed by atoms with Gasteiger partial charge in [-0.15, -0.1) is 0 Å². The number of nitrogens with zero attached hydrogens (tertiary/aromatic N) is 3. The van der Waals surface area contributed by atoms with Gasteiger partial charge in [0.25, 0.3) is 5.91 Å². The van der Waals surface area contributed by atoms with Crippen LogP contribution in [0.25, 0.3) is 11.3 Å². The summed E-state index contributed by atoms with van der Waals surface area (Å²) in [4.78, 5) is 23.6. The molecule has 0 aliphatic carbocycles. The summed E-state index contributed by atoms with van der Waals surface area (Å²) in [5.74, 6) is 0.340. The number of rotatable bonds is 3. The van der Waals surface area contributed by atoms with E-state index in [2.05, 4.69) is 20.3 Å². The molecule has 2 heterocycles. The lowest BCUT2D eigenvalue weighted by atomic mass is 10.1. The molecule has 3 N–H and O–H groups in total. The number of nitrogens with one attached hydrogen (secondary N) is 1. The number of nitrogens with two attached hydrogens (primary N) is 1. The lowest BCUT2D eigenvalue weighted by Gasteiger charge is -2.06. The molecule has 0 saturated carbocycles. The summed E-state index contributed by atoms with van der Waals surface area (Å²) in [7, 11) is 0. The van der Waals surface area contributed by atoms with Gasteiger partial charge in [-0.25, -0.2) is 15.0 Å². The summed E-state index contributed by atoms with van der Waals surface area (Å²) in [5.41, 5.74) is 7.19. The van der Waals surface area contributed by atoms with Crippen molar-refractivity contribution < 1.29 is 9.21 Å². The highest BCUT2D eigenvalue weighted by Gasteiger charge is 2.12. The molecule has 7 nitrogen and oxygen atoms in total. The third-order valence-corrected chi connectivity index (χ3v) is 2.80. The van der Waals surface area contributed by atoms with E-state index in [0.717, 1.165) is 5.56 Å². The number of amides is 1. The number of carbonyl (C=O) groups excluding carboxylic acids is 1. The van der Waals surface area contributed by atoms with Gasteiger partial charge in [0.05, 0.1) is 6.20 Å². The second kappa shape index (κ2) is 5.41. The van der Waals surface area contributed by atoms with E-state index in [4.69, 9.17) is 10.2 Å². The van der Waals surface area contributed by atoms with Gasteiger partial charge in [0.1, 0.15) is 0 Å². The highest BCUT2D eigenvalue weighted by Crippen LogP contribution is 2.21. The van der Waals surface area contributed by atoms with E-state index in [1.54, 1.807) is 18.3 Å². The molecule has 1 amide bonds. The number of benzene rings is 1. The number of nitrogen functional groups attached to an aromatic ring is 1. The highest BCUT2D eigenvalue weighted by molar-refractivity contribution is 6.05. The first-order valence-corrected chi connectivity index (χ1v) is 6.11. The molecule has 0 unspecified atom stereocenters. The molecule has 0 radical (unpaired) electrons. The van der Waals surface area contributed by atoms with Gasteiger partial charge in [-0.3, -0.25) is 4.79 Å². The van der Waals surface area contributed by atoms with Gasteiger partial charge >= 0.3 is 0 Å². The Kier molecular flexibility index (Phi) is 3.30. The van der Waals surface area contributed by atoms with Crippen molar-refractivity contribution in [3.05, 3.63) is 54.9 Å². The summed E-state index contributed by atoms with van der Waals surface area (Å²) in [6, 6.07) is 7.14. The Morgan fingerprint density at radius 3 is 2.57 bits per heavy atom. The van der Waals surface area contributed by atoms with Gasteiger partial charge in [0.15, 0.2) is 23.7 Å². The van der Waals surface area contributed by atoms with E-state index in [9.17, 15) is 4.79 Å². The minimum absolute atomic E-state index is 0.0910. The average Bonchev–Trinajstić information content (AvgIpc) is 3.02. The first-order chi connectivity index (χ1) is 10.2. The van der Waals surface area contributed by atoms with Crippen LogP contribution >= 0.6 is 0 Å². The van der Waals surface area contributed by atoms with Crippen molar-refractivity contribution in [2.24, 2.45) is 0 Å². The maximum absolute atomic E-state index is 12.0. The number of oxazole rings is 1. The molecule has 0 aliphatic rings. The van der Waals surface area contributed by atoms with E-state index in [1.165, 1.54) is 18.8 Å². The molecule has 0 spiro atoms. The Morgan fingerprint density at radius 2 is 1.90 bits per heavy atom. The molecule has 0 atom stereocenters. The van der Waals surface area contributed by atoms with Crippen molar-refractivity contribution in [1.29, 1.82) is 0 Å². The van der Waals surface area contributed by atoms with E-state index < -0.39 is 5.91 Å². The number of hydrogen-bond donors (Lipinski definition) is 2. The molecule has 1 aromatic carbocycles. The zero-order chi connectivity index (χ0) is 14.7. The topological polar surface area (TPSA) is 107 Å². The quantitative estimate of drug-likeness (QED) is 0.760. The molecule has 3 aromatic rings. The van der Waals surface area contributed by atoms with Crippen LogP contribution in [0.1, 0.15) is 10.5 Å². The fourth-order valence-corrected chi connectivity index (χ4v) is 1.79. The predicted molar refractivity (Wildman–Crippen MR) is 76.3 cm³/mol. The highest BCUT2D eigenvalue weighted by atomic mass is 16.3. The fourth-order valence-electron chi connectivity index (χ4n) is 1.79. The van der Waals surface area contributed by atoms with E-state index in [-0.39, 0.29) is 11.5 Å². The van der Waals surface area contributed by atoms with Crippen molar-refractivity contribution in [3.63, 3.8) is 0 Å². The van der Waals surface area contributed by atoms with Crippen molar-refractivity contribution in [3.8, 4) is 11.3 Å². The second-order valence-electron chi connectivity index (χ2n) is 4.19. The van der Waals surface area contributed by atoms with E-state index >= 15 is 0 Å². The first-order valence-electron chi connectivity index (χ1n) is 6.11. The Hall–Kier alpha value is -3.22. The normalized spacial score (nSPS) is 10.3. The number of carbonyl (C=O) groups is 1. The Morgan fingerprint density at radius 1 is 1.14 bits per heavy atom. The number of anilines is 2. The molecule has 104 valence electrons. The van der Waals surface area contributed by atoms with Gasteiger partial charge in [-0.05, 0) is 24.3 Å². The molecule has 0 fully saturated rings. The molecular formula is C14H11N5O2.